The molecule has 1 aromatic carbocycles. The zero-order chi connectivity index (χ0) is 14.6. The van der Waals surface area contributed by atoms with E-state index in [-0.39, 0.29) is 11.6 Å². The van der Waals surface area contributed by atoms with Crippen LogP contribution in [-0.2, 0) is 0 Å². The summed E-state index contributed by atoms with van der Waals surface area (Å²) in [5, 5.41) is 13.4. The van der Waals surface area contributed by atoms with Gasteiger partial charge in [0.15, 0.2) is 0 Å². The second kappa shape index (κ2) is 6.24. The van der Waals surface area contributed by atoms with E-state index in [0.29, 0.717) is 6.54 Å². The zero-order valence-electron chi connectivity index (χ0n) is 11.0. The molecule has 0 fully saturated rings. The Morgan fingerprint density at radius 2 is 2.16 bits per heavy atom. The van der Waals surface area contributed by atoms with E-state index in [9.17, 15) is 19.3 Å². The quantitative estimate of drug-likeness (QED) is 0.648. The highest BCUT2D eigenvalue weighted by molar-refractivity contribution is 5.98. The monoisotopic (exact) mass is 269 g/mol. The number of nitrogens with zero attached hydrogens (tertiary/aromatic N) is 2. The van der Waals surface area contributed by atoms with Gasteiger partial charge in [-0.1, -0.05) is 0 Å². The number of nitrogens with one attached hydrogen (secondary N) is 1. The van der Waals surface area contributed by atoms with Gasteiger partial charge in [0, 0.05) is 18.7 Å². The van der Waals surface area contributed by atoms with Gasteiger partial charge in [0.05, 0.1) is 4.92 Å². The summed E-state index contributed by atoms with van der Waals surface area (Å²) in [4.78, 5) is 23.9. The Balaban J connectivity index is 2.92. The van der Waals surface area contributed by atoms with Gasteiger partial charge in [-0.25, -0.2) is 4.39 Å². The van der Waals surface area contributed by atoms with E-state index in [0.717, 1.165) is 18.2 Å². The average Bonchev–Trinajstić information content (AvgIpc) is 2.26. The van der Waals surface area contributed by atoms with Crippen molar-refractivity contribution in [3.63, 3.8) is 0 Å². The number of halogens is 1. The fraction of sp³-hybridized carbons (Fsp3) is 0.417. The summed E-state index contributed by atoms with van der Waals surface area (Å²) >= 11 is 0. The fourth-order valence-corrected chi connectivity index (χ4v) is 1.74. The first-order valence-electron chi connectivity index (χ1n) is 5.70. The number of amides is 1. The molecule has 0 aliphatic carbocycles. The van der Waals surface area contributed by atoms with Gasteiger partial charge >= 0.3 is 0 Å². The van der Waals surface area contributed by atoms with Gasteiger partial charge in [0.2, 0.25) is 0 Å². The smallest absolute Gasteiger partial charge is 0.282 e. The van der Waals surface area contributed by atoms with Crippen LogP contribution in [0.4, 0.5) is 10.1 Å². The zero-order valence-corrected chi connectivity index (χ0v) is 11.0. The first-order chi connectivity index (χ1) is 8.81. The maximum absolute atomic E-state index is 13.1. The Labute approximate surface area is 110 Å². The third-order valence-corrected chi connectivity index (χ3v) is 2.42. The topological polar surface area (TPSA) is 75.5 Å². The Kier molecular flexibility index (Phi) is 4.94. The predicted octanol–water partition coefficient (Wildman–Crippen LogP) is 1.41. The predicted molar refractivity (Wildman–Crippen MR) is 68.5 cm³/mol. The van der Waals surface area contributed by atoms with Gasteiger partial charge in [-0.2, -0.15) is 0 Å². The van der Waals surface area contributed by atoms with Crippen molar-refractivity contribution in [1.82, 2.24) is 10.2 Å². The molecular weight excluding hydrogens is 253 g/mol. The molecule has 1 rings (SSSR count). The highest BCUT2D eigenvalue weighted by Crippen LogP contribution is 2.19. The minimum absolute atomic E-state index is 0.203. The van der Waals surface area contributed by atoms with Gasteiger partial charge in [-0.05, 0) is 33.2 Å². The van der Waals surface area contributed by atoms with Crippen LogP contribution in [0.25, 0.3) is 0 Å². The van der Waals surface area contributed by atoms with Crippen LogP contribution in [0.2, 0.25) is 0 Å². The maximum atomic E-state index is 13.1. The van der Waals surface area contributed by atoms with Crippen molar-refractivity contribution in [2.75, 3.05) is 20.6 Å². The number of carbonyl (C=O) groups is 1. The molecule has 6 nitrogen and oxygen atoms in total. The summed E-state index contributed by atoms with van der Waals surface area (Å²) in [6.45, 7) is 2.35. The molecule has 0 aliphatic heterocycles. The van der Waals surface area contributed by atoms with Crippen molar-refractivity contribution in [3.8, 4) is 0 Å². The SMILES string of the molecule is CC(CN(C)C)NC(=O)c1cc(F)ccc1[N+](=O)[O-]. The van der Waals surface area contributed by atoms with E-state index < -0.39 is 22.3 Å². The van der Waals surface area contributed by atoms with Crippen molar-refractivity contribution < 1.29 is 14.1 Å². The number of likely N-dealkylation sites (N-methyl/N-ethyl adjacent to an activating group) is 1. The van der Waals surface area contributed by atoms with E-state index in [2.05, 4.69) is 5.32 Å². The molecule has 0 aliphatic rings. The lowest BCUT2D eigenvalue weighted by atomic mass is 10.1. The van der Waals surface area contributed by atoms with Gasteiger partial charge in [0.25, 0.3) is 11.6 Å². The number of hydrogen-bond donors (Lipinski definition) is 1. The molecule has 0 saturated carbocycles. The van der Waals surface area contributed by atoms with Gasteiger partial charge in [-0.3, -0.25) is 14.9 Å². The van der Waals surface area contributed by atoms with Crippen LogP contribution in [0.5, 0.6) is 0 Å². The van der Waals surface area contributed by atoms with Crippen LogP contribution < -0.4 is 5.32 Å². The molecule has 0 saturated heterocycles. The van der Waals surface area contributed by atoms with Crippen molar-refractivity contribution >= 4 is 11.6 Å². The summed E-state index contributed by atoms with van der Waals surface area (Å²) in [6.07, 6.45) is 0. The molecular formula is C12H16FN3O3. The molecule has 0 heterocycles. The van der Waals surface area contributed by atoms with E-state index in [1.807, 2.05) is 19.0 Å². The number of carbonyl (C=O) groups excluding carboxylic acids is 1. The number of benzene rings is 1. The molecule has 1 atom stereocenters. The van der Waals surface area contributed by atoms with Crippen LogP contribution in [0.1, 0.15) is 17.3 Å². The van der Waals surface area contributed by atoms with E-state index >= 15 is 0 Å². The molecule has 7 heteroatoms. The lowest BCUT2D eigenvalue weighted by Crippen LogP contribution is -2.39. The Morgan fingerprint density at radius 3 is 2.68 bits per heavy atom. The van der Waals surface area contributed by atoms with Crippen molar-refractivity contribution in [2.24, 2.45) is 0 Å². The number of nitro benzene ring substituents is 1. The first kappa shape index (κ1) is 15.0. The number of nitro groups is 1. The molecule has 1 unspecified atom stereocenters. The lowest BCUT2D eigenvalue weighted by Gasteiger charge is -2.18. The van der Waals surface area contributed by atoms with E-state index in [4.69, 9.17) is 0 Å². The summed E-state index contributed by atoms with van der Waals surface area (Å²) in [7, 11) is 3.68. The van der Waals surface area contributed by atoms with E-state index in [1.54, 1.807) is 6.92 Å². The minimum Gasteiger partial charge on any atom is -0.348 e. The molecule has 1 amide bonds. The van der Waals surface area contributed by atoms with Gasteiger partial charge in [-0.15, -0.1) is 0 Å². The second-order valence-electron chi connectivity index (χ2n) is 4.56. The summed E-state index contributed by atoms with van der Waals surface area (Å²) < 4.78 is 13.1. The van der Waals surface area contributed by atoms with Gasteiger partial charge in [0.1, 0.15) is 11.4 Å². The Hall–Kier alpha value is -2.02. The highest BCUT2D eigenvalue weighted by atomic mass is 19.1. The van der Waals surface area contributed by atoms with E-state index in [1.165, 1.54) is 0 Å². The average molecular weight is 269 g/mol. The number of hydrogen-bond acceptors (Lipinski definition) is 4. The molecule has 0 spiro atoms. The third kappa shape index (κ3) is 4.29. The molecule has 1 N–H and O–H groups in total. The normalized spacial score (nSPS) is 12.3. The molecule has 104 valence electrons. The lowest BCUT2D eigenvalue weighted by molar-refractivity contribution is -0.385. The van der Waals surface area contributed by atoms with Crippen molar-refractivity contribution in [3.05, 3.63) is 39.7 Å². The van der Waals surface area contributed by atoms with Crippen LogP contribution in [0.15, 0.2) is 18.2 Å². The van der Waals surface area contributed by atoms with Crippen LogP contribution in [0, 0.1) is 15.9 Å². The van der Waals surface area contributed by atoms with Crippen LogP contribution in [0.3, 0.4) is 0 Å². The second-order valence-corrected chi connectivity index (χ2v) is 4.56. The number of rotatable bonds is 5. The molecule has 0 aromatic heterocycles. The highest BCUT2D eigenvalue weighted by Gasteiger charge is 2.22. The Morgan fingerprint density at radius 1 is 1.53 bits per heavy atom. The van der Waals surface area contributed by atoms with Crippen LogP contribution >= 0.6 is 0 Å². The summed E-state index contributed by atoms with van der Waals surface area (Å²) in [5.41, 5.74) is -0.674. The molecule has 19 heavy (non-hydrogen) atoms. The summed E-state index contributed by atoms with van der Waals surface area (Å²) in [6, 6.07) is 2.61. The maximum Gasteiger partial charge on any atom is 0.282 e. The summed E-state index contributed by atoms with van der Waals surface area (Å²) in [5.74, 6) is -1.34. The Bertz CT molecular complexity index is 491. The fourth-order valence-electron chi connectivity index (χ4n) is 1.74. The standard InChI is InChI=1S/C12H16FN3O3/c1-8(7-15(2)3)14-12(17)10-6-9(13)4-5-11(10)16(18)19/h4-6,8H,7H2,1-3H3,(H,14,17). The van der Waals surface area contributed by atoms with Gasteiger partial charge < -0.3 is 10.2 Å². The molecule has 0 radical (unpaired) electrons. The van der Waals surface area contributed by atoms with Crippen molar-refractivity contribution in [2.45, 2.75) is 13.0 Å². The third-order valence-electron chi connectivity index (χ3n) is 2.42. The van der Waals surface area contributed by atoms with Crippen molar-refractivity contribution in [1.29, 1.82) is 0 Å². The molecule has 1 aromatic rings. The first-order valence-corrected chi connectivity index (χ1v) is 5.70. The minimum atomic E-state index is -0.703. The largest absolute Gasteiger partial charge is 0.348 e. The molecule has 0 bridgehead atoms. The van der Waals surface area contributed by atoms with Crippen LogP contribution in [-0.4, -0.2) is 42.4 Å².